The van der Waals surface area contributed by atoms with Crippen LogP contribution in [0.2, 0.25) is 0 Å². The van der Waals surface area contributed by atoms with E-state index >= 15 is 0 Å². The number of amides is 1. The molecule has 1 atom stereocenters. The molecule has 0 aliphatic carbocycles. The van der Waals surface area contributed by atoms with Crippen molar-refractivity contribution in [2.75, 3.05) is 32.1 Å². The number of carbonyl (C=O) groups excluding carboxylic acids is 1. The Morgan fingerprint density at radius 3 is 3.17 bits per heavy atom. The van der Waals surface area contributed by atoms with Crippen LogP contribution in [0.25, 0.3) is 0 Å². The fourth-order valence-electron chi connectivity index (χ4n) is 2.32. The van der Waals surface area contributed by atoms with E-state index in [-0.39, 0.29) is 18.6 Å². The number of benzene rings is 1. The molecule has 18 heavy (non-hydrogen) atoms. The number of hydrogen-bond acceptors (Lipinski definition) is 4. The van der Waals surface area contributed by atoms with Crippen LogP contribution < -0.4 is 14.8 Å². The van der Waals surface area contributed by atoms with Gasteiger partial charge < -0.3 is 19.7 Å². The molecule has 5 heteroatoms. The quantitative estimate of drug-likeness (QED) is 0.851. The highest BCUT2D eigenvalue weighted by Gasteiger charge is 2.22. The van der Waals surface area contributed by atoms with Gasteiger partial charge in [-0.1, -0.05) is 0 Å². The van der Waals surface area contributed by atoms with Crippen LogP contribution in [0.5, 0.6) is 11.5 Å². The third-order valence-electron chi connectivity index (χ3n) is 3.23. The number of nitrogens with one attached hydrogen (secondary N) is 1. The zero-order valence-corrected chi connectivity index (χ0v) is 10.3. The van der Waals surface area contributed by atoms with Crippen LogP contribution in [0.1, 0.15) is 6.42 Å². The second kappa shape index (κ2) is 4.49. The monoisotopic (exact) mass is 248 g/mol. The predicted octanol–water partition coefficient (Wildman–Crippen LogP) is 1.10. The molecule has 1 saturated heterocycles. The first-order valence-corrected chi connectivity index (χ1v) is 6.12. The van der Waals surface area contributed by atoms with Gasteiger partial charge in [-0.2, -0.15) is 0 Å². The lowest BCUT2D eigenvalue weighted by molar-refractivity contribution is -0.118. The molecule has 1 aromatic rings. The number of fused-ring (bicyclic) bond motifs is 1. The molecule has 3 rings (SSSR count). The van der Waals surface area contributed by atoms with Gasteiger partial charge >= 0.3 is 0 Å². The smallest absolute Gasteiger partial charge is 0.262 e. The van der Waals surface area contributed by atoms with Crippen molar-refractivity contribution in [1.82, 2.24) is 4.90 Å². The average Bonchev–Trinajstić information content (AvgIpc) is 2.74. The van der Waals surface area contributed by atoms with Crippen LogP contribution in [0.4, 0.5) is 5.69 Å². The van der Waals surface area contributed by atoms with Crippen molar-refractivity contribution < 1.29 is 14.3 Å². The van der Waals surface area contributed by atoms with Crippen molar-refractivity contribution in [2.45, 2.75) is 12.5 Å². The first kappa shape index (κ1) is 11.3. The van der Waals surface area contributed by atoms with Crippen LogP contribution in [0.3, 0.4) is 0 Å². The Labute approximate surface area is 106 Å². The number of anilines is 1. The minimum absolute atomic E-state index is 0.0840. The van der Waals surface area contributed by atoms with Crippen LogP contribution in [0.15, 0.2) is 18.2 Å². The van der Waals surface area contributed by atoms with E-state index in [1.54, 1.807) is 0 Å². The van der Waals surface area contributed by atoms with Crippen molar-refractivity contribution in [3.8, 4) is 11.5 Å². The number of likely N-dealkylation sites (N-methyl/N-ethyl adjacent to an activating group) is 1. The number of nitrogens with zero attached hydrogens (tertiary/aromatic N) is 1. The van der Waals surface area contributed by atoms with Gasteiger partial charge in [-0.15, -0.1) is 0 Å². The van der Waals surface area contributed by atoms with Gasteiger partial charge in [0, 0.05) is 19.2 Å². The Kier molecular flexibility index (Phi) is 2.83. The largest absolute Gasteiger partial charge is 0.489 e. The molecule has 1 amide bonds. The summed E-state index contributed by atoms with van der Waals surface area (Å²) < 4.78 is 11.2. The Morgan fingerprint density at radius 2 is 2.39 bits per heavy atom. The molecule has 2 aliphatic rings. The third-order valence-corrected chi connectivity index (χ3v) is 3.23. The lowest BCUT2D eigenvalue weighted by Crippen LogP contribution is -2.25. The summed E-state index contributed by atoms with van der Waals surface area (Å²) in [5.74, 6) is 1.35. The molecular weight excluding hydrogens is 232 g/mol. The molecule has 1 fully saturated rings. The Bertz CT molecular complexity index is 475. The molecule has 2 heterocycles. The van der Waals surface area contributed by atoms with E-state index in [1.165, 1.54) is 0 Å². The average molecular weight is 248 g/mol. The maximum atomic E-state index is 11.2. The molecule has 1 N–H and O–H groups in total. The van der Waals surface area contributed by atoms with E-state index in [1.807, 2.05) is 18.2 Å². The van der Waals surface area contributed by atoms with Crippen LogP contribution in [0, 0.1) is 0 Å². The normalized spacial score (nSPS) is 23.2. The summed E-state index contributed by atoms with van der Waals surface area (Å²) in [7, 11) is 2.09. The van der Waals surface area contributed by atoms with Gasteiger partial charge in [-0.25, -0.2) is 0 Å². The number of likely N-dealkylation sites (tertiary alicyclic amines) is 1. The molecule has 0 radical (unpaired) electrons. The second-order valence-electron chi connectivity index (χ2n) is 4.79. The number of ether oxygens (including phenoxy) is 2. The summed E-state index contributed by atoms with van der Waals surface area (Å²) >= 11 is 0. The predicted molar refractivity (Wildman–Crippen MR) is 67.1 cm³/mol. The second-order valence-corrected chi connectivity index (χ2v) is 4.79. The fraction of sp³-hybridized carbons (Fsp3) is 0.462. The lowest BCUT2D eigenvalue weighted by Gasteiger charge is -2.20. The molecule has 96 valence electrons. The van der Waals surface area contributed by atoms with E-state index in [9.17, 15) is 4.79 Å². The number of hydrogen-bond donors (Lipinski definition) is 1. The topological polar surface area (TPSA) is 50.8 Å². The minimum atomic E-state index is -0.125. The van der Waals surface area contributed by atoms with E-state index in [4.69, 9.17) is 9.47 Å². The van der Waals surface area contributed by atoms with E-state index in [0.29, 0.717) is 11.4 Å². The van der Waals surface area contributed by atoms with Gasteiger partial charge in [0.2, 0.25) is 0 Å². The zero-order valence-electron chi connectivity index (χ0n) is 10.3. The van der Waals surface area contributed by atoms with Crippen LogP contribution in [-0.4, -0.2) is 43.7 Å². The number of carbonyl (C=O) groups is 1. The van der Waals surface area contributed by atoms with Gasteiger partial charge in [0.15, 0.2) is 6.61 Å². The summed E-state index contributed by atoms with van der Waals surface area (Å²) in [6.45, 7) is 2.09. The highest BCUT2D eigenvalue weighted by atomic mass is 16.5. The first-order chi connectivity index (χ1) is 8.70. The van der Waals surface area contributed by atoms with Gasteiger partial charge in [0.05, 0.1) is 5.69 Å². The summed E-state index contributed by atoms with van der Waals surface area (Å²) in [5, 5.41) is 2.78. The molecular formula is C13H16N2O3. The maximum absolute atomic E-state index is 11.2. The Morgan fingerprint density at radius 1 is 1.50 bits per heavy atom. The van der Waals surface area contributed by atoms with Crippen LogP contribution in [-0.2, 0) is 4.79 Å². The van der Waals surface area contributed by atoms with Crippen molar-refractivity contribution in [3.05, 3.63) is 18.2 Å². The van der Waals surface area contributed by atoms with Crippen molar-refractivity contribution in [2.24, 2.45) is 0 Å². The Balaban J connectivity index is 1.73. The lowest BCUT2D eigenvalue weighted by atomic mass is 10.2. The highest BCUT2D eigenvalue weighted by Crippen LogP contribution is 2.32. The van der Waals surface area contributed by atoms with Crippen molar-refractivity contribution >= 4 is 11.6 Å². The fourth-order valence-corrected chi connectivity index (χ4v) is 2.32. The summed E-state index contributed by atoms with van der Waals surface area (Å²) in [4.78, 5) is 13.5. The maximum Gasteiger partial charge on any atom is 0.262 e. The SMILES string of the molecule is CN1CCC(Oc2ccc3c(c2)NC(=O)CO3)C1. The third kappa shape index (κ3) is 2.26. The standard InChI is InChI=1S/C13H16N2O3/c1-15-5-4-10(7-15)18-9-2-3-12-11(6-9)14-13(16)8-17-12/h2-3,6,10H,4-5,7-8H2,1H3,(H,14,16). The first-order valence-electron chi connectivity index (χ1n) is 6.12. The summed E-state index contributed by atoms with van der Waals surface area (Å²) in [5.41, 5.74) is 0.690. The molecule has 0 saturated carbocycles. The molecule has 1 unspecified atom stereocenters. The van der Waals surface area contributed by atoms with E-state index < -0.39 is 0 Å². The summed E-state index contributed by atoms with van der Waals surface area (Å²) in [6, 6.07) is 5.54. The van der Waals surface area contributed by atoms with Gasteiger partial charge in [-0.05, 0) is 25.6 Å². The molecule has 2 aliphatic heterocycles. The highest BCUT2D eigenvalue weighted by molar-refractivity contribution is 5.95. The molecule has 1 aromatic carbocycles. The number of rotatable bonds is 2. The molecule has 0 spiro atoms. The molecule has 0 aromatic heterocycles. The van der Waals surface area contributed by atoms with Gasteiger partial charge in [0.25, 0.3) is 5.91 Å². The van der Waals surface area contributed by atoms with E-state index in [2.05, 4.69) is 17.3 Å². The van der Waals surface area contributed by atoms with Crippen molar-refractivity contribution in [3.63, 3.8) is 0 Å². The van der Waals surface area contributed by atoms with Crippen LogP contribution >= 0.6 is 0 Å². The summed E-state index contributed by atoms with van der Waals surface area (Å²) in [6.07, 6.45) is 1.27. The zero-order chi connectivity index (χ0) is 12.5. The van der Waals surface area contributed by atoms with E-state index in [0.717, 1.165) is 25.3 Å². The molecule has 0 bridgehead atoms. The van der Waals surface area contributed by atoms with Gasteiger partial charge in [-0.3, -0.25) is 4.79 Å². The Hall–Kier alpha value is -1.75. The molecule has 5 nitrogen and oxygen atoms in total. The minimum Gasteiger partial charge on any atom is -0.489 e. The van der Waals surface area contributed by atoms with Gasteiger partial charge in [0.1, 0.15) is 17.6 Å². The van der Waals surface area contributed by atoms with Crippen molar-refractivity contribution in [1.29, 1.82) is 0 Å².